The molecule has 1 amide bonds. The van der Waals surface area contributed by atoms with Gasteiger partial charge in [-0.3, -0.25) is 9.79 Å². The molecule has 0 saturated carbocycles. The number of halogens is 2. The summed E-state index contributed by atoms with van der Waals surface area (Å²) in [5.41, 5.74) is 3.78. The summed E-state index contributed by atoms with van der Waals surface area (Å²) in [5.74, 6) is -0.107. The first-order valence-electron chi connectivity index (χ1n) is 8.57. The molecule has 0 fully saturated rings. The lowest BCUT2D eigenvalue weighted by molar-refractivity contribution is -0.114. The van der Waals surface area contributed by atoms with Crippen molar-refractivity contribution in [2.24, 2.45) is 4.99 Å². The summed E-state index contributed by atoms with van der Waals surface area (Å²) in [6.45, 7) is 0.0993. The summed E-state index contributed by atoms with van der Waals surface area (Å²) in [5, 5.41) is 5.18. The van der Waals surface area contributed by atoms with Gasteiger partial charge in [0.05, 0.1) is 5.71 Å². The second-order valence-corrected chi connectivity index (χ2v) is 8.26. The number of aryl methyl sites for hydroxylation is 2. The van der Waals surface area contributed by atoms with Crippen molar-refractivity contribution < 1.29 is 4.79 Å². The first kappa shape index (κ1) is 18.2. The molecule has 1 aliphatic rings. The fraction of sp³-hybridized carbons (Fsp3) is 0.143. The maximum Gasteiger partial charge on any atom is 0.246 e. The van der Waals surface area contributed by atoms with Gasteiger partial charge < -0.3 is 5.32 Å². The molecule has 0 bridgehead atoms. The van der Waals surface area contributed by atoms with E-state index in [2.05, 4.69) is 16.4 Å². The lowest BCUT2D eigenvalue weighted by atomic mass is 10.0. The van der Waals surface area contributed by atoms with Gasteiger partial charge in [0, 0.05) is 26.0 Å². The van der Waals surface area contributed by atoms with E-state index in [9.17, 15) is 4.79 Å². The van der Waals surface area contributed by atoms with E-state index in [1.54, 1.807) is 11.3 Å². The van der Waals surface area contributed by atoms with E-state index >= 15 is 0 Å². The lowest BCUT2D eigenvalue weighted by Crippen LogP contribution is -2.12. The highest BCUT2D eigenvalue weighted by Gasteiger charge is 2.22. The number of thiophene rings is 1. The van der Waals surface area contributed by atoms with Crippen LogP contribution in [0.25, 0.3) is 0 Å². The minimum Gasteiger partial charge on any atom is -0.316 e. The zero-order valence-corrected chi connectivity index (χ0v) is 16.7. The number of fused-ring (bicyclic) bond motifs is 1. The third-order valence-corrected chi connectivity index (χ3v) is 6.07. The van der Waals surface area contributed by atoms with Crippen LogP contribution in [0.5, 0.6) is 0 Å². The number of hydrogen-bond donors (Lipinski definition) is 1. The summed E-state index contributed by atoms with van der Waals surface area (Å²) in [7, 11) is 0. The van der Waals surface area contributed by atoms with Crippen LogP contribution in [0.15, 0.2) is 59.6 Å². The number of amides is 1. The van der Waals surface area contributed by atoms with Gasteiger partial charge in [-0.25, -0.2) is 0 Å². The van der Waals surface area contributed by atoms with Crippen LogP contribution in [-0.4, -0.2) is 18.2 Å². The van der Waals surface area contributed by atoms with Gasteiger partial charge in [0.1, 0.15) is 11.5 Å². The summed E-state index contributed by atoms with van der Waals surface area (Å²) >= 11 is 13.9. The first-order valence-corrected chi connectivity index (χ1v) is 10.1. The molecule has 136 valence electrons. The number of rotatable bonds is 4. The van der Waals surface area contributed by atoms with Crippen molar-refractivity contribution in [2.45, 2.75) is 12.8 Å². The Labute approximate surface area is 171 Å². The monoisotopic (exact) mass is 414 g/mol. The maximum absolute atomic E-state index is 12.1. The fourth-order valence-corrected chi connectivity index (χ4v) is 4.46. The highest BCUT2D eigenvalue weighted by atomic mass is 35.5. The Hall–Kier alpha value is -2.14. The molecule has 0 saturated heterocycles. The topological polar surface area (TPSA) is 41.5 Å². The van der Waals surface area contributed by atoms with E-state index in [1.165, 1.54) is 10.4 Å². The van der Waals surface area contributed by atoms with E-state index < -0.39 is 0 Å². The van der Waals surface area contributed by atoms with Gasteiger partial charge in [0.25, 0.3) is 0 Å². The molecule has 27 heavy (non-hydrogen) atoms. The Morgan fingerprint density at radius 3 is 2.56 bits per heavy atom. The number of hydrogen-bond acceptors (Lipinski definition) is 3. The highest BCUT2D eigenvalue weighted by molar-refractivity contribution is 7.16. The van der Waals surface area contributed by atoms with Gasteiger partial charge in [-0.15, -0.1) is 11.3 Å². The molecule has 0 spiro atoms. The normalized spacial score (nSPS) is 13.6. The third-order valence-electron chi connectivity index (χ3n) is 4.37. The smallest absolute Gasteiger partial charge is 0.246 e. The molecule has 1 aliphatic heterocycles. The number of carbonyl (C=O) groups is 1. The number of nitrogens with zero attached hydrogens (tertiary/aromatic N) is 1. The lowest BCUT2D eigenvalue weighted by Gasteiger charge is -2.07. The van der Waals surface area contributed by atoms with Gasteiger partial charge in [0.2, 0.25) is 5.91 Å². The highest BCUT2D eigenvalue weighted by Crippen LogP contribution is 2.34. The molecule has 0 atom stereocenters. The first-order chi connectivity index (χ1) is 13.1. The van der Waals surface area contributed by atoms with E-state index in [1.807, 2.05) is 48.5 Å². The molecule has 0 aliphatic carbocycles. The minimum atomic E-state index is -0.107. The molecule has 6 heteroatoms. The average Bonchev–Trinajstić information content (AvgIpc) is 2.98. The Morgan fingerprint density at radius 2 is 1.78 bits per heavy atom. The van der Waals surface area contributed by atoms with Crippen molar-refractivity contribution in [1.82, 2.24) is 0 Å². The second-order valence-electron chi connectivity index (χ2n) is 6.27. The molecule has 4 rings (SSSR count). The molecule has 2 aromatic carbocycles. The van der Waals surface area contributed by atoms with Crippen LogP contribution >= 0.6 is 34.5 Å². The largest absolute Gasteiger partial charge is 0.316 e. The Morgan fingerprint density at radius 1 is 1.00 bits per heavy atom. The van der Waals surface area contributed by atoms with Crippen LogP contribution < -0.4 is 5.32 Å². The van der Waals surface area contributed by atoms with E-state index in [-0.39, 0.29) is 12.5 Å². The molecular formula is C21H16Cl2N2OS. The summed E-state index contributed by atoms with van der Waals surface area (Å²) in [6, 6.07) is 17.6. The van der Waals surface area contributed by atoms with Crippen molar-refractivity contribution >= 4 is 51.2 Å². The Kier molecular flexibility index (Phi) is 5.30. The van der Waals surface area contributed by atoms with Crippen molar-refractivity contribution in [3.8, 4) is 0 Å². The standard InChI is InChI=1S/C21H16Cl2N2OS/c22-14-8-5-13(6-9-14)7-10-15-11-17-20(16-3-1-2-4-18(16)23)24-12-19(26)25-21(17)27-15/h1-6,8-9,11H,7,10,12H2,(H,25,26). The van der Waals surface area contributed by atoms with Crippen LogP contribution in [0.2, 0.25) is 10.0 Å². The van der Waals surface area contributed by atoms with Crippen molar-refractivity contribution in [2.75, 3.05) is 11.9 Å². The molecule has 2 heterocycles. The summed E-state index contributed by atoms with van der Waals surface area (Å²) in [4.78, 5) is 17.8. The number of anilines is 1. The predicted molar refractivity (Wildman–Crippen MR) is 114 cm³/mol. The van der Waals surface area contributed by atoms with Crippen molar-refractivity contribution in [3.63, 3.8) is 0 Å². The SMILES string of the molecule is O=C1CN=C(c2ccccc2Cl)c2cc(CCc3ccc(Cl)cc3)sc2N1. The average molecular weight is 415 g/mol. The zero-order chi connectivity index (χ0) is 18.8. The number of benzene rings is 2. The van der Waals surface area contributed by atoms with Crippen LogP contribution in [0.3, 0.4) is 0 Å². The van der Waals surface area contributed by atoms with E-state index in [0.29, 0.717) is 5.02 Å². The maximum atomic E-state index is 12.1. The third kappa shape index (κ3) is 4.08. The Bertz CT molecular complexity index is 1020. The number of aliphatic imine (C=N–C) groups is 1. The number of nitrogens with one attached hydrogen (secondary N) is 1. The molecule has 1 aromatic heterocycles. The van der Waals surface area contributed by atoms with Crippen LogP contribution in [0.4, 0.5) is 5.00 Å². The Balaban J connectivity index is 1.64. The second kappa shape index (κ2) is 7.85. The predicted octanol–water partition coefficient (Wildman–Crippen LogP) is 5.63. The van der Waals surface area contributed by atoms with E-state index in [4.69, 9.17) is 23.2 Å². The van der Waals surface area contributed by atoms with Crippen LogP contribution in [0, 0.1) is 0 Å². The molecule has 1 N–H and O–H groups in total. The van der Waals surface area contributed by atoms with Gasteiger partial charge in [-0.05, 0) is 42.7 Å². The fourth-order valence-electron chi connectivity index (χ4n) is 3.04. The summed E-state index contributed by atoms with van der Waals surface area (Å²) in [6.07, 6.45) is 1.79. The summed E-state index contributed by atoms with van der Waals surface area (Å²) < 4.78 is 0. The van der Waals surface area contributed by atoms with Crippen molar-refractivity contribution in [3.05, 3.63) is 86.2 Å². The molecule has 0 unspecified atom stereocenters. The van der Waals surface area contributed by atoms with Crippen LogP contribution in [-0.2, 0) is 17.6 Å². The van der Waals surface area contributed by atoms with Crippen LogP contribution in [0.1, 0.15) is 21.6 Å². The minimum absolute atomic E-state index is 0.0993. The van der Waals surface area contributed by atoms with E-state index in [0.717, 1.165) is 39.7 Å². The van der Waals surface area contributed by atoms with Gasteiger partial charge >= 0.3 is 0 Å². The molecule has 0 radical (unpaired) electrons. The van der Waals surface area contributed by atoms with Gasteiger partial charge in [-0.1, -0.05) is 53.5 Å². The van der Waals surface area contributed by atoms with Gasteiger partial charge in [0.15, 0.2) is 0 Å². The molecule has 3 aromatic rings. The zero-order valence-electron chi connectivity index (χ0n) is 14.3. The number of carbonyl (C=O) groups excluding carboxylic acids is 1. The van der Waals surface area contributed by atoms with Crippen molar-refractivity contribution in [1.29, 1.82) is 0 Å². The van der Waals surface area contributed by atoms with Gasteiger partial charge in [-0.2, -0.15) is 0 Å². The molecule has 3 nitrogen and oxygen atoms in total. The quantitative estimate of drug-likeness (QED) is 0.590. The molecular weight excluding hydrogens is 399 g/mol.